The van der Waals surface area contributed by atoms with Crippen molar-refractivity contribution in [2.75, 3.05) is 25.0 Å². The second-order valence-electron chi connectivity index (χ2n) is 5.73. The Kier molecular flexibility index (Phi) is 2.41. The van der Waals surface area contributed by atoms with Crippen molar-refractivity contribution in [3.8, 4) is 0 Å². The fraction of sp³-hybridized carbons (Fsp3) is 0.500. The average Bonchev–Trinajstić information content (AvgIpc) is 2.95. The lowest BCUT2D eigenvalue weighted by atomic mass is 9.94. The summed E-state index contributed by atoms with van der Waals surface area (Å²) in [6.07, 6.45) is 2.52. The van der Waals surface area contributed by atoms with E-state index in [-0.39, 0.29) is 5.69 Å². The quantitative estimate of drug-likeness (QED) is 0.762. The Morgan fingerprint density at radius 1 is 1.16 bits per heavy atom. The number of aromatic nitrogens is 2. The second kappa shape index (κ2) is 4.13. The number of piperidine rings is 1. The molecule has 19 heavy (non-hydrogen) atoms. The molecule has 2 aliphatic rings. The maximum atomic E-state index is 11.3. The number of benzene rings is 1. The van der Waals surface area contributed by atoms with Gasteiger partial charge >= 0.3 is 5.69 Å². The number of imidazole rings is 1. The number of hydrogen-bond donors (Lipinski definition) is 3. The SMILES string of the molecule is O=c1[nH]c2ccc(NC3CCN4CCC3C4)cc2[nH]1. The third-order valence-electron chi connectivity index (χ3n) is 4.50. The van der Waals surface area contributed by atoms with E-state index in [9.17, 15) is 4.79 Å². The number of H-pyrrole nitrogens is 2. The maximum absolute atomic E-state index is 11.3. The second-order valence-corrected chi connectivity index (χ2v) is 5.73. The minimum Gasteiger partial charge on any atom is -0.382 e. The van der Waals surface area contributed by atoms with Crippen molar-refractivity contribution in [3.63, 3.8) is 0 Å². The van der Waals surface area contributed by atoms with Gasteiger partial charge in [0.05, 0.1) is 11.0 Å². The molecule has 0 spiro atoms. The van der Waals surface area contributed by atoms with Crippen molar-refractivity contribution >= 4 is 16.7 Å². The Balaban J connectivity index is 1.58. The van der Waals surface area contributed by atoms with Gasteiger partial charge < -0.3 is 20.2 Å². The van der Waals surface area contributed by atoms with E-state index in [0.29, 0.717) is 6.04 Å². The lowest BCUT2D eigenvalue weighted by Crippen LogP contribution is -2.39. The van der Waals surface area contributed by atoms with Crippen LogP contribution in [0.3, 0.4) is 0 Å². The minimum absolute atomic E-state index is 0.142. The third-order valence-corrected chi connectivity index (χ3v) is 4.50. The molecule has 1 aromatic carbocycles. The number of anilines is 1. The molecular formula is C14H18N4O. The van der Waals surface area contributed by atoms with Gasteiger partial charge in [0.2, 0.25) is 0 Å². The molecule has 1 aromatic heterocycles. The Hall–Kier alpha value is -1.75. The van der Waals surface area contributed by atoms with Crippen molar-refractivity contribution in [1.29, 1.82) is 0 Å². The number of fused-ring (bicyclic) bond motifs is 3. The third kappa shape index (κ3) is 1.94. The highest BCUT2D eigenvalue weighted by Gasteiger charge is 2.33. The number of nitrogens with one attached hydrogen (secondary N) is 3. The Bertz CT molecular complexity index is 659. The normalized spacial score (nSPS) is 29.8. The van der Waals surface area contributed by atoms with Crippen LogP contribution < -0.4 is 11.0 Å². The topological polar surface area (TPSA) is 63.9 Å². The molecule has 5 nitrogen and oxygen atoms in total. The van der Waals surface area contributed by atoms with Gasteiger partial charge in [-0.1, -0.05) is 0 Å². The molecule has 0 amide bonds. The molecule has 2 saturated heterocycles. The highest BCUT2D eigenvalue weighted by molar-refractivity contribution is 5.78. The fourth-order valence-electron chi connectivity index (χ4n) is 3.48. The lowest BCUT2D eigenvalue weighted by molar-refractivity contribution is 0.255. The molecule has 3 heterocycles. The van der Waals surface area contributed by atoms with Gasteiger partial charge in [-0.2, -0.15) is 0 Å². The summed E-state index contributed by atoms with van der Waals surface area (Å²) in [5.41, 5.74) is 2.70. The van der Waals surface area contributed by atoms with Crippen LogP contribution in [0.2, 0.25) is 0 Å². The van der Waals surface area contributed by atoms with Gasteiger partial charge in [0, 0.05) is 24.8 Å². The molecule has 2 bridgehead atoms. The first-order valence-electron chi connectivity index (χ1n) is 6.99. The van der Waals surface area contributed by atoms with E-state index >= 15 is 0 Å². The first kappa shape index (κ1) is 11.1. The first-order chi connectivity index (χ1) is 9.28. The summed E-state index contributed by atoms with van der Waals surface area (Å²) < 4.78 is 0. The van der Waals surface area contributed by atoms with Crippen LogP contribution in [0, 0.1) is 5.92 Å². The first-order valence-corrected chi connectivity index (χ1v) is 6.99. The molecule has 100 valence electrons. The molecule has 3 atom stereocenters. The molecule has 2 aromatic rings. The molecule has 3 N–H and O–H groups in total. The molecule has 4 rings (SSSR count). The van der Waals surface area contributed by atoms with Crippen molar-refractivity contribution in [3.05, 3.63) is 28.7 Å². The van der Waals surface area contributed by atoms with Gasteiger partial charge in [0.25, 0.3) is 0 Å². The molecule has 0 radical (unpaired) electrons. The van der Waals surface area contributed by atoms with E-state index in [4.69, 9.17) is 0 Å². The van der Waals surface area contributed by atoms with E-state index in [0.717, 1.165) is 22.6 Å². The zero-order valence-corrected chi connectivity index (χ0v) is 10.8. The van der Waals surface area contributed by atoms with Crippen LogP contribution in [0.25, 0.3) is 11.0 Å². The van der Waals surface area contributed by atoms with Crippen molar-refractivity contribution < 1.29 is 0 Å². The highest BCUT2D eigenvalue weighted by Crippen LogP contribution is 2.29. The summed E-state index contributed by atoms with van der Waals surface area (Å²) in [5.74, 6) is 0.773. The van der Waals surface area contributed by atoms with Crippen LogP contribution in [0.5, 0.6) is 0 Å². The maximum Gasteiger partial charge on any atom is 0.323 e. The number of nitrogens with zero attached hydrogens (tertiary/aromatic N) is 1. The van der Waals surface area contributed by atoms with Crippen molar-refractivity contribution in [1.82, 2.24) is 14.9 Å². The summed E-state index contributed by atoms with van der Waals surface area (Å²) in [4.78, 5) is 19.4. The van der Waals surface area contributed by atoms with Gasteiger partial charge in [0.1, 0.15) is 0 Å². The Morgan fingerprint density at radius 2 is 2.00 bits per heavy atom. The zero-order valence-electron chi connectivity index (χ0n) is 10.8. The lowest BCUT2D eigenvalue weighted by Gasteiger charge is -2.31. The van der Waals surface area contributed by atoms with Crippen molar-refractivity contribution in [2.45, 2.75) is 18.9 Å². The highest BCUT2D eigenvalue weighted by atomic mass is 16.1. The molecule has 2 aliphatic heterocycles. The number of aromatic amines is 2. The molecule has 2 fully saturated rings. The smallest absolute Gasteiger partial charge is 0.323 e. The Morgan fingerprint density at radius 3 is 2.95 bits per heavy atom. The van der Waals surface area contributed by atoms with Gasteiger partial charge in [-0.15, -0.1) is 0 Å². The van der Waals surface area contributed by atoms with E-state index in [1.165, 1.54) is 32.5 Å². The average molecular weight is 258 g/mol. The molecular weight excluding hydrogens is 240 g/mol. The largest absolute Gasteiger partial charge is 0.382 e. The van der Waals surface area contributed by atoms with Gasteiger partial charge in [-0.3, -0.25) is 0 Å². The van der Waals surface area contributed by atoms with E-state index in [1.54, 1.807) is 0 Å². The summed E-state index contributed by atoms with van der Waals surface area (Å²) >= 11 is 0. The number of rotatable bonds is 2. The zero-order chi connectivity index (χ0) is 12.8. The van der Waals surface area contributed by atoms with Crippen molar-refractivity contribution in [2.24, 2.45) is 5.92 Å². The molecule has 3 unspecified atom stereocenters. The minimum atomic E-state index is -0.142. The van der Waals surface area contributed by atoms with Crippen LogP contribution in [-0.2, 0) is 0 Å². The Labute approximate surface area is 111 Å². The monoisotopic (exact) mass is 258 g/mol. The van der Waals surface area contributed by atoms with Crippen LogP contribution >= 0.6 is 0 Å². The van der Waals surface area contributed by atoms with E-state index in [2.05, 4.69) is 20.2 Å². The standard InChI is InChI=1S/C14H18N4O/c19-14-16-12-2-1-10(7-13(12)17-14)15-11-4-6-18-5-3-9(11)8-18/h1-2,7,9,11,15H,3-6,8H2,(H2,16,17,19). The van der Waals surface area contributed by atoms with Gasteiger partial charge in [-0.25, -0.2) is 4.79 Å². The number of hydrogen-bond acceptors (Lipinski definition) is 3. The van der Waals surface area contributed by atoms with Crippen LogP contribution in [0.1, 0.15) is 12.8 Å². The molecule has 5 heteroatoms. The predicted molar refractivity (Wildman–Crippen MR) is 75.5 cm³/mol. The van der Waals surface area contributed by atoms with Gasteiger partial charge in [0.15, 0.2) is 0 Å². The predicted octanol–water partition coefficient (Wildman–Crippen LogP) is 1.36. The summed E-state index contributed by atoms with van der Waals surface area (Å²) in [6, 6.07) is 6.60. The van der Waals surface area contributed by atoms with E-state index in [1.807, 2.05) is 18.2 Å². The fourth-order valence-corrected chi connectivity index (χ4v) is 3.48. The van der Waals surface area contributed by atoms with Crippen LogP contribution in [0.15, 0.2) is 23.0 Å². The van der Waals surface area contributed by atoms with E-state index < -0.39 is 0 Å². The van der Waals surface area contributed by atoms with Gasteiger partial charge in [-0.05, 0) is 43.5 Å². The summed E-state index contributed by atoms with van der Waals surface area (Å²) in [7, 11) is 0. The molecule has 0 saturated carbocycles. The van der Waals surface area contributed by atoms with Crippen LogP contribution in [-0.4, -0.2) is 40.5 Å². The molecule has 0 aliphatic carbocycles. The summed E-state index contributed by atoms with van der Waals surface area (Å²) in [6.45, 7) is 3.70. The summed E-state index contributed by atoms with van der Waals surface area (Å²) in [5, 5.41) is 3.65. The van der Waals surface area contributed by atoms with Crippen LogP contribution in [0.4, 0.5) is 5.69 Å².